The maximum absolute atomic E-state index is 14.9. The van der Waals surface area contributed by atoms with Crippen LogP contribution in [0.15, 0.2) is 42.7 Å². The standard InChI is InChI=1S/C26H25F2N7O4/c27-19-12-18(2-3-21(19)34-6-8-35(9-7-34)26(36)37)32-25-31-15-30-24(33-25)16-1-4-22(17(11-16)13-29)39-23-5-10-38-14-20(23)28/h1-4,11-12,15,20,23H,5-10,14H2,(H,36,37)(H,30,31,32,33). The van der Waals surface area contributed by atoms with E-state index in [2.05, 4.69) is 26.3 Å². The van der Waals surface area contributed by atoms with Crippen LogP contribution >= 0.6 is 0 Å². The largest absolute Gasteiger partial charge is 0.486 e. The molecule has 2 saturated heterocycles. The lowest BCUT2D eigenvalue weighted by Gasteiger charge is -2.34. The first-order valence-electron chi connectivity index (χ1n) is 12.3. The number of carbonyl (C=O) groups is 1. The summed E-state index contributed by atoms with van der Waals surface area (Å²) >= 11 is 0. The van der Waals surface area contributed by atoms with Crippen LogP contribution in [0, 0.1) is 17.1 Å². The van der Waals surface area contributed by atoms with Crippen LogP contribution in [-0.4, -0.2) is 82.7 Å². The molecule has 0 saturated carbocycles. The van der Waals surface area contributed by atoms with Crippen molar-refractivity contribution in [2.75, 3.05) is 49.6 Å². The smallest absolute Gasteiger partial charge is 0.407 e. The van der Waals surface area contributed by atoms with Crippen LogP contribution in [0.5, 0.6) is 5.75 Å². The normalized spacial score (nSPS) is 19.3. The van der Waals surface area contributed by atoms with Gasteiger partial charge in [-0.15, -0.1) is 0 Å². The molecule has 2 atom stereocenters. The zero-order valence-corrected chi connectivity index (χ0v) is 20.8. The Morgan fingerprint density at radius 3 is 2.72 bits per heavy atom. The lowest BCUT2D eigenvalue weighted by Crippen LogP contribution is -2.48. The third-order valence-electron chi connectivity index (χ3n) is 6.53. The number of hydrogen-bond donors (Lipinski definition) is 2. The van der Waals surface area contributed by atoms with Crippen LogP contribution < -0.4 is 15.0 Å². The fraction of sp³-hybridized carbons (Fsp3) is 0.346. The summed E-state index contributed by atoms with van der Waals surface area (Å²) < 4.78 is 39.9. The van der Waals surface area contributed by atoms with Gasteiger partial charge in [0.25, 0.3) is 0 Å². The van der Waals surface area contributed by atoms with Gasteiger partial charge in [-0.2, -0.15) is 10.2 Å². The van der Waals surface area contributed by atoms with Crippen LogP contribution in [0.1, 0.15) is 12.0 Å². The first-order chi connectivity index (χ1) is 18.9. The van der Waals surface area contributed by atoms with Crippen LogP contribution in [0.2, 0.25) is 0 Å². The Balaban J connectivity index is 1.28. The van der Waals surface area contributed by atoms with E-state index in [1.54, 1.807) is 35.2 Å². The van der Waals surface area contributed by atoms with Gasteiger partial charge >= 0.3 is 6.09 Å². The van der Waals surface area contributed by atoms with Gasteiger partial charge in [0.15, 0.2) is 12.0 Å². The molecule has 39 heavy (non-hydrogen) atoms. The van der Waals surface area contributed by atoms with E-state index in [0.29, 0.717) is 56.1 Å². The Bertz CT molecular complexity index is 1390. The van der Waals surface area contributed by atoms with E-state index in [1.165, 1.54) is 17.3 Å². The molecule has 0 aliphatic carbocycles. The lowest BCUT2D eigenvalue weighted by atomic mass is 10.1. The number of benzene rings is 2. The van der Waals surface area contributed by atoms with Gasteiger partial charge in [0.1, 0.15) is 30.1 Å². The van der Waals surface area contributed by atoms with Crippen molar-refractivity contribution in [1.82, 2.24) is 19.9 Å². The molecule has 2 N–H and O–H groups in total. The van der Waals surface area contributed by atoms with E-state index < -0.39 is 24.2 Å². The number of nitrogens with one attached hydrogen (secondary N) is 1. The highest BCUT2D eigenvalue weighted by Gasteiger charge is 2.28. The first-order valence-corrected chi connectivity index (χ1v) is 12.3. The summed E-state index contributed by atoms with van der Waals surface area (Å²) in [7, 11) is 0. The Morgan fingerprint density at radius 1 is 1.18 bits per heavy atom. The molecule has 0 radical (unpaired) electrons. The summed E-state index contributed by atoms with van der Waals surface area (Å²) in [6.45, 7) is 1.74. The van der Waals surface area contributed by atoms with Crippen molar-refractivity contribution in [1.29, 1.82) is 5.26 Å². The number of amides is 1. The highest BCUT2D eigenvalue weighted by molar-refractivity contribution is 5.66. The molecule has 202 valence electrons. The molecule has 3 aromatic rings. The van der Waals surface area contributed by atoms with Gasteiger partial charge in [-0.05, 0) is 36.4 Å². The van der Waals surface area contributed by atoms with Crippen LogP contribution in [-0.2, 0) is 4.74 Å². The summed E-state index contributed by atoms with van der Waals surface area (Å²) in [5.41, 5.74) is 1.53. The fourth-order valence-electron chi connectivity index (χ4n) is 4.44. The summed E-state index contributed by atoms with van der Waals surface area (Å²) in [5.74, 6) is 0.248. The number of halogens is 2. The van der Waals surface area contributed by atoms with Crippen molar-refractivity contribution in [3.63, 3.8) is 0 Å². The Labute approximate surface area is 222 Å². The Kier molecular flexibility index (Phi) is 7.64. The topological polar surface area (TPSA) is 137 Å². The summed E-state index contributed by atoms with van der Waals surface area (Å²) in [6, 6.07) is 11.5. The summed E-state index contributed by atoms with van der Waals surface area (Å²) in [6.07, 6.45) is -1.26. The molecular weight excluding hydrogens is 512 g/mol. The highest BCUT2D eigenvalue weighted by atomic mass is 19.1. The first kappa shape index (κ1) is 26.1. The number of alkyl halides is 1. The predicted octanol–water partition coefficient (Wildman–Crippen LogP) is 3.60. The SMILES string of the molecule is N#Cc1cc(-c2ncnc(Nc3ccc(N4CCN(C(=O)O)CC4)c(F)c3)n2)ccc1OC1CCOCC1F. The predicted molar refractivity (Wildman–Crippen MR) is 136 cm³/mol. The molecule has 2 aliphatic rings. The summed E-state index contributed by atoms with van der Waals surface area (Å²) in [4.78, 5) is 26.9. The molecular formula is C26H25F2N7O4. The average Bonchev–Trinajstić information content (AvgIpc) is 2.95. The molecule has 5 rings (SSSR count). The summed E-state index contributed by atoms with van der Waals surface area (Å²) in [5, 5.41) is 21.7. The number of nitrogens with zero attached hydrogens (tertiary/aromatic N) is 6. The third kappa shape index (κ3) is 5.96. The van der Waals surface area contributed by atoms with E-state index in [4.69, 9.17) is 14.6 Å². The minimum absolute atomic E-state index is 0.0400. The number of aromatic nitrogens is 3. The lowest BCUT2D eigenvalue weighted by molar-refractivity contribution is -0.0383. The maximum Gasteiger partial charge on any atom is 0.407 e. The van der Waals surface area contributed by atoms with Gasteiger partial charge < -0.3 is 29.7 Å². The average molecular weight is 538 g/mol. The molecule has 0 spiro atoms. The quantitative estimate of drug-likeness (QED) is 0.480. The van der Waals surface area contributed by atoms with E-state index >= 15 is 0 Å². The monoisotopic (exact) mass is 537 g/mol. The second-order valence-electron chi connectivity index (χ2n) is 9.04. The van der Waals surface area contributed by atoms with Gasteiger partial charge in [0.05, 0.1) is 24.5 Å². The Hall–Kier alpha value is -4.57. The van der Waals surface area contributed by atoms with Crippen LogP contribution in [0.4, 0.5) is 30.9 Å². The van der Waals surface area contributed by atoms with Crippen molar-refractivity contribution in [2.45, 2.75) is 18.7 Å². The molecule has 0 bridgehead atoms. The number of anilines is 3. The van der Waals surface area contributed by atoms with Crippen LogP contribution in [0.25, 0.3) is 11.4 Å². The number of ether oxygens (including phenoxy) is 2. The zero-order chi connectivity index (χ0) is 27.4. The molecule has 2 fully saturated rings. The fourth-order valence-corrected chi connectivity index (χ4v) is 4.44. The number of piperazine rings is 1. The van der Waals surface area contributed by atoms with Crippen molar-refractivity contribution >= 4 is 23.4 Å². The zero-order valence-electron chi connectivity index (χ0n) is 20.8. The molecule has 13 heteroatoms. The maximum atomic E-state index is 14.9. The highest BCUT2D eigenvalue weighted by Crippen LogP contribution is 2.29. The van der Waals surface area contributed by atoms with E-state index in [-0.39, 0.29) is 29.7 Å². The number of rotatable bonds is 6. The number of hydrogen-bond acceptors (Lipinski definition) is 9. The minimum atomic E-state index is -1.27. The van der Waals surface area contributed by atoms with Crippen molar-refractivity contribution < 1.29 is 28.2 Å². The van der Waals surface area contributed by atoms with Gasteiger partial charge in [-0.3, -0.25) is 0 Å². The number of nitriles is 1. The molecule has 11 nitrogen and oxygen atoms in total. The molecule has 2 unspecified atom stereocenters. The van der Waals surface area contributed by atoms with Crippen LogP contribution in [0.3, 0.4) is 0 Å². The molecule has 1 aromatic heterocycles. The van der Waals surface area contributed by atoms with E-state index in [0.717, 1.165) is 0 Å². The van der Waals surface area contributed by atoms with Crippen molar-refractivity contribution in [2.24, 2.45) is 0 Å². The molecule has 2 aliphatic heterocycles. The molecule has 3 heterocycles. The van der Waals surface area contributed by atoms with Gasteiger partial charge in [-0.1, -0.05) is 0 Å². The van der Waals surface area contributed by atoms with Gasteiger partial charge in [-0.25, -0.2) is 23.5 Å². The number of carboxylic acid groups (broad SMARTS) is 1. The van der Waals surface area contributed by atoms with Crippen molar-refractivity contribution in [3.8, 4) is 23.2 Å². The Morgan fingerprint density at radius 2 is 2.00 bits per heavy atom. The minimum Gasteiger partial charge on any atom is -0.486 e. The van der Waals surface area contributed by atoms with Gasteiger partial charge in [0.2, 0.25) is 5.95 Å². The van der Waals surface area contributed by atoms with Gasteiger partial charge in [0, 0.05) is 43.9 Å². The third-order valence-corrected chi connectivity index (χ3v) is 6.53. The second kappa shape index (κ2) is 11.4. The van der Waals surface area contributed by atoms with E-state index in [9.17, 15) is 18.8 Å². The molecule has 1 amide bonds. The van der Waals surface area contributed by atoms with Crippen molar-refractivity contribution in [3.05, 3.63) is 54.1 Å². The molecule has 2 aromatic carbocycles. The van der Waals surface area contributed by atoms with E-state index in [1.807, 2.05) is 0 Å². The second-order valence-corrected chi connectivity index (χ2v) is 9.04.